The average molecular weight is 335 g/mol. The van der Waals surface area contributed by atoms with Gasteiger partial charge in [-0.05, 0) is 35.9 Å². The van der Waals surface area contributed by atoms with Crippen LogP contribution < -0.4 is 0 Å². The molecule has 0 amide bonds. The SMILES string of the molecule is O=C1OC(c2cccc(F)c2)=N/C1=C/c1ccccc1C(F)(F)F. The Hall–Kier alpha value is -2.96. The maximum Gasteiger partial charge on any atom is 0.416 e. The molecule has 0 atom stereocenters. The Balaban J connectivity index is 2.01. The van der Waals surface area contributed by atoms with Crippen LogP contribution in [-0.4, -0.2) is 11.9 Å². The van der Waals surface area contributed by atoms with E-state index >= 15 is 0 Å². The van der Waals surface area contributed by atoms with Crippen LogP contribution in [0.15, 0.2) is 59.2 Å². The highest BCUT2D eigenvalue weighted by molar-refractivity contribution is 6.12. The number of hydrogen-bond donors (Lipinski definition) is 0. The third kappa shape index (κ3) is 3.19. The van der Waals surface area contributed by atoms with Gasteiger partial charge in [0, 0.05) is 5.56 Å². The fourth-order valence-corrected chi connectivity index (χ4v) is 2.18. The first-order valence-electron chi connectivity index (χ1n) is 6.79. The van der Waals surface area contributed by atoms with Crippen molar-refractivity contribution in [2.24, 2.45) is 4.99 Å². The lowest BCUT2D eigenvalue weighted by Gasteiger charge is -2.09. The molecule has 1 heterocycles. The van der Waals surface area contributed by atoms with E-state index in [0.717, 1.165) is 18.2 Å². The maximum atomic E-state index is 13.2. The number of nitrogens with zero attached hydrogens (tertiary/aromatic N) is 1. The summed E-state index contributed by atoms with van der Waals surface area (Å²) in [4.78, 5) is 15.7. The van der Waals surface area contributed by atoms with Gasteiger partial charge in [0.25, 0.3) is 0 Å². The van der Waals surface area contributed by atoms with Gasteiger partial charge in [-0.3, -0.25) is 0 Å². The fourth-order valence-electron chi connectivity index (χ4n) is 2.18. The lowest BCUT2D eigenvalue weighted by molar-refractivity contribution is -0.137. The van der Waals surface area contributed by atoms with Crippen molar-refractivity contribution in [2.45, 2.75) is 6.18 Å². The number of carbonyl (C=O) groups excluding carboxylic acids is 1. The lowest BCUT2D eigenvalue weighted by Crippen LogP contribution is -2.08. The number of halogens is 4. The highest BCUT2D eigenvalue weighted by atomic mass is 19.4. The Bertz CT molecular complexity index is 869. The molecule has 0 spiro atoms. The lowest BCUT2D eigenvalue weighted by atomic mass is 10.1. The summed E-state index contributed by atoms with van der Waals surface area (Å²) in [5.74, 6) is -1.60. The molecule has 3 nitrogen and oxygen atoms in total. The van der Waals surface area contributed by atoms with Crippen LogP contribution in [0.4, 0.5) is 17.6 Å². The van der Waals surface area contributed by atoms with E-state index in [-0.39, 0.29) is 22.7 Å². The Labute approximate surface area is 133 Å². The van der Waals surface area contributed by atoms with Crippen LogP contribution in [0.25, 0.3) is 6.08 Å². The molecule has 0 aliphatic carbocycles. The van der Waals surface area contributed by atoms with Gasteiger partial charge in [0.15, 0.2) is 5.70 Å². The minimum absolute atomic E-state index is 0.157. The second-order valence-electron chi connectivity index (χ2n) is 4.93. The summed E-state index contributed by atoms with van der Waals surface area (Å²) < 4.78 is 57.1. The smallest absolute Gasteiger partial charge is 0.402 e. The molecule has 0 unspecified atom stereocenters. The van der Waals surface area contributed by atoms with Crippen molar-refractivity contribution >= 4 is 17.9 Å². The standard InChI is InChI=1S/C17H9F4NO2/c18-12-6-3-5-11(8-12)15-22-14(16(23)24-15)9-10-4-1-2-7-13(10)17(19,20)21/h1-9H/b14-9+. The molecular formula is C17H9F4NO2. The summed E-state index contributed by atoms with van der Waals surface area (Å²) in [5, 5.41) is 0. The summed E-state index contributed by atoms with van der Waals surface area (Å²) in [5.41, 5.74) is -1.16. The number of ether oxygens (including phenoxy) is 1. The molecule has 7 heteroatoms. The number of esters is 1. The Morgan fingerprint density at radius 1 is 1.04 bits per heavy atom. The first-order chi connectivity index (χ1) is 11.3. The van der Waals surface area contributed by atoms with E-state index in [1.165, 1.54) is 36.4 Å². The van der Waals surface area contributed by atoms with Gasteiger partial charge in [-0.2, -0.15) is 13.2 Å². The number of rotatable bonds is 2. The molecule has 24 heavy (non-hydrogen) atoms. The van der Waals surface area contributed by atoms with E-state index in [2.05, 4.69) is 4.99 Å². The van der Waals surface area contributed by atoms with Gasteiger partial charge < -0.3 is 4.74 Å². The normalized spacial score (nSPS) is 16.2. The third-order valence-corrected chi connectivity index (χ3v) is 3.25. The van der Waals surface area contributed by atoms with Gasteiger partial charge in [0.2, 0.25) is 5.90 Å². The Kier molecular flexibility index (Phi) is 3.92. The zero-order chi connectivity index (χ0) is 17.3. The van der Waals surface area contributed by atoms with Crippen molar-refractivity contribution in [1.82, 2.24) is 0 Å². The van der Waals surface area contributed by atoms with Crippen LogP contribution in [0, 0.1) is 5.82 Å². The highest BCUT2D eigenvalue weighted by Crippen LogP contribution is 2.33. The summed E-state index contributed by atoms with van der Waals surface area (Å²) in [6.07, 6.45) is -3.57. The highest BCUT2D eigenvalue weighted by Gasteiger charge is 2.33. The molecular weight excluding hydrogens is 326 g/mol. The van der Waals surface area contributed by atoms with E-state index < -0.39 is 23.5 Å². The predicted molar refractivity (Wildman–Crippen MR) is 78.5 cm³/mol. The van der Waals surface area contributed by atoms with E-state index in [0.29, 0.717) is 0 Å². The monoisotopic (exact) mass is 335 g/mol. The Morgan fingerprint density at radius 3 is 2.50 bits per heavy atom. The molecule has 0 fully saturated rings. The second-order valence-corrected chi connectivity index (χ2v) is 4.93. The van der Waals surface area contributed by atoms with E-state index in [9.17, 15) is 22.4 Å². The zero-order valence-electron chi connectivity index (χ0n) is 12.0. The number of alkyl halides is 3. The summed E-state index contributed by atoms with van der Waals surface area (Å²) in [6, 6.07) is 9.99. The largest absolute Gasteiger partial charge is 0.416 e. The average Bonchev–Trinajstić information content (AvgIpc) is 2.88. The minimum atomic E-state index is -4.56. The predicted octanol–water partition coefficient (Wildman–Crippen LogP) is 4.19. The molecule has 0 saturated carbocycles. The van der Waals surface area contributed by atoms with Crippen LogP contribution in [0.3, 0.4) is 0 Å². The van der Waals surface area contributed by atoms with Crippen molar-refractivity contribution in [1.29, 1.82) is 0 Å². The molecule has 0 radical (unpaired) electrons. The molecule has 0 aromatic heterocycles. The van der Waals surface area contributed by atoms with Gasteiger partial charge in [-0.25, -0.2) is 14.2 Å². The number of aliphatic imine (C=N–C) groups is 1. The van der Waals surface area contributed by atoms with Crippen LogP contribution in [-0.2, 0) is 15.7 Å². The van der Waals surface area contributed by atoms with Crippen LogP contribution in [0.1, 0.15) is 16.7 Å². The topological polar surface area (TPSA) is 38.7 Å². The molecule has 0 saturated heterocycles. The molecule has 2 aromatic rings. The number of carbonyl (C=O) groups is 1. The molecule has 0 bridgehead atoms. The summed E-state index contributed by atoms with van der Waals surface area (Å²) in [6.45, 7) is 0. The third-order valence-electron chi connectivity index (χ3n) is 3.25. The van der Waals surface area contributed by atoms with E-state index in [4.69, 9.17) is 4.74 Å². The molecule has 0 N–H and O–H groups in total. The first kappa shape index (κ1) is 15.9. The molecule has 1 aliphatic heterocycles. The first-order valence-corrected chi connectivity index (χ1v) is 6.79. The van der Waals surface area contributed by atoms with Crippen LogP contribution >= 0.6 is 0 Å². The minimum Gasteiger partial charge on any atom is -0.402 e. The fraction of sp³-hybridized carbons (Fsp3) is 0.0588. The van der Waals surface area contributed by atoms with Crippen molar-refractivity contribution < 1.29 is 27.1 Å². The number of cyclic esters (lactones) is 1. The summed E-state index contributed by atoms with van der Waals surface area (Å²) >= 11 is 0. The maximum absolute atomic E-state index is 13.2. The van der Waals surface area contributed by atoms with Crippen molar-refractivity contribution in [2.75, 3.05) is 0 Å². The van der Waals surface area contributed by atoms with Crippen LogP contribution in [0.5, 0.6) is 0 Å². The number of benzene rings is 2. The van der Waals surface area contributed by atoms with Crippen molar-refractivity contribution in [3.8, 4) is 0 Å². The number of hydrogen-bond acceptors (Lipinski definition) is 3. The zero-order valence-corrected chi connectivity index (χ0v) is 12.0. The van der Waals surface area contributed by atoms with Gasteiger partial charge >= 0.3 is 12.1 Å². The van der Waals surface area contributed by atoms with Crippen molar-refractivity contribution in [3.63, 3.8) is 0 Å². The molecule has 122 valence electrons. The molecule has 2 aromatic carbocycles. The second kappa shape index (κ2) is 5.92. The van der Waals surface area contributed by atoms with Gasteiger partial charge in [0.05, 0.1) is 5.56 Å². The van der Waals surface area contributed by atoms with Crippen molar-refractivity contribution in [3.05, 3.63) is 76.7 Å². The van der Waals surface area contributed by atoms with Gasteiger partial charge in [-0.1, -0.05) is 24.3 Å². The molecule has 1 aliphatic rings. The quantitative estimate of drug-likeness (QED) is 0.469. The molecule has 3 rings (SSSR count). The Morgan fingerprint density at radius 2 is 1.79 bits per heavy atom. The van der Waals surface area contributed by atoms with Gasteiger partial charge in [-0.15, -0.1) is 0 Å². The van der Waals surface area contributed by atoms with E-state index in [1.807, 2.05) is 0 Å². The van der Waals surface area contributed by atoms with Crippen LogP contribution in [0.2, 0.25) is 0 Å². The summed E-state index contributed by atoms with van der Waals surface area (Å²) in [7, 11) is 0. The van der Waals surface area contributed by atoms with E-state index in [1.54, 1.807) is 0 Å². The van der Waals surface area contributed by atoms with Gasteiger partial charge in [0.1, 0.15) is 5.82 Å².